The molecule has 3 aliphatic rings. The lowest BCUT2D eigenvalue weighted by molar-refractivity contribution is -0.233. The topological polar surface area (TPSA) is 204 Å². The van der Waals surface area contributed by atoms with Crippen molar-refractivity contribution in [2.24, 2.45) is 0 Å². The maximum Gasteiger partial charge on any atom is 0.330 e. The number of carbonyl (C=O) groups excluding carboxylic acids is 2. The van der Waals surface area contributed by atoms with Crippen LogP contribution in [0.5, 0.6) is 0 Å². The number of H-pyrrole nitrogens is 1. The van der Waals surface area contributed by atoms with Gasteiger partial charge in [-0.05, 0) is 19.5 Å². The summed E-state index contributed by atoms with van der Waals surface area (Å²) < 4.78 is 18.5. The molecular formula is C24H34N4O11. The van der Waals surface area contributed by atoms with Gasteiger partial charge in [-0.1, -0.05) is 6.92 Å². The van der Waals surface area contributed by atoms with Gasteiger partial charge in [0.2, 0.25) is 5.91 Å². The zero-order valence-corrected chi connectivity index (χ0v) is 21.9. The molecule has 15 nitrogen and oxygen atoms in total. The second-order valence-electron chi connectivity index (χ2n) is 9.95. The molecule has 10 atom stereocenters. The van der Waals surface area contributed by atoms with Crippen molar-refractivity contribution in [2.45, 2.75) is 81.6 Å². The zero-order valence-electron chi connectivity index (χ0n) is 21.9. The van der Waals surface area contributed by atoms with Crippen LogP contribution in [0.4, 0.5) is 0 Å². The van der Waals surface area contributed by atoms with Crippen LogP contribution in [0.3, 0.4) is 0 Å². The molecule has 3 aliphatic heterocycles. The first-order valence-corrected chi connectivity index (χ1v) is 12.6. The van der Waals surface area contributed by atoms with Crippen LogP contribution in [0.2, 0.25) is 0 Å². The van der Waals surface area contributed by atoms with Crippen LogP contribution >= 0.6 is 0 Å². The average molecular weight is 555 g/mol. The normalized spacial score (nSPS) is 36.6. The molecule has 39 heavy (non-hydrogen) atoms. The lowest BCUT2D eigenvalue weighted by atomic mass is 9.97. The summed E-state index contributed by atoms with van der Waals surface area (Å²) in [5.41, 5.74) is -1.45. The minimum absolute atomic E-state index is 0.109. The first-order valence-electron chi connectivity index (χ1n) is 12.6. The second kappa shape index (κ2) is 11.4. The molecule has 1 amide bonds. The number of hydrogen-bond acceptors (Lipinski definition) is 12. The van der Waals surface area contributed by atoms with E-state index in [0.29, 0.717) is 6.42 Å². The molecule has 0 radical (unpaired) electrons. The van der Waals surface area contributed by atoms with Gasteiger partial charge in [0.05, 0.1) is 11.8 Å². The number of allylic oxidation sites excluding steroid dienone is 1. The minimum atomic E-state index is -1.71. The van der Waals surface area contributed by atoms with E-state index >= 15 is 0 Å². The van der Waals surface area contributed by atoms with Gasteiger partial charge in [-0.3, -0.25) is 28.8 Å². The van der Waals surface area contributed by atoms with Gasteiger partial charge in [-0.2, -0.15) is 0 Å². The Hall–Kier alpha value is -2.76. The summed E-state index contributed by atoms with van der Waals surface area (Å²) in [6, 6.07) is -0.207. The van der Waals surface area contributed by atoms with Crippen LogP contribution in [0, 0.1) is 0 Å². The number of hydrogen-bond donors (Lipinski definition) is 5. The van der Waals surface area contributed by atoms with Gasteiger partial charge >= 0.3 is 5.69 Å². The Morgan fingerprint density at radius 3 is 2.38 bits per heavy atom. The van der Waals surface area contributed by atoms with Crippen molar-refractivity contribution in [1.82, 2.24) is 19.4 Å². The molecule has 0 saturated carbocycles. The van der Waals surface area contributed by atoms with E-state index in [2.05, 4.69) is 0 Å². The highest BCUT2D eigenvalue weighted by Gasteiger charge is 2.55. The number of amides is 1. The molecule has 4 heterocycles. The number of nitrogens with zero attached hydrogens (tertiary/aromatic N) is 3. The van der Waals surface area contributed by atoms with E-state index in [0.717, 1.165) is 21.7 Å². The standard InChI is InChI=1S/C24H34N4O11/c1-5-12-15(31)18(34)23(37-12)39-19(14-21(35)27(4)11(10(2)29)6-8-26(14)3)20-16(32)17(33)22(38-20)28-9-7-13(30)25-24(28)36/h6-7,9,12,14-20,22-23,31-34H,5,8H2,1-4H3,(H,25,30,36)/t12?,14-,15?,16?,17?,18?,19-,20?,22?,23?/m0/s1. The molecule has 8 unspecified atom stereocenters. The van der Waals surface area contributed by atoms with Gasteiger partial charge < -0.3 is 39.5 Å². The molecule has 1 aromatic rings. The Kier molecular flexibility index (Phi) is 8.53. The van der Waals surface area contributed by atoms with E-state index in [-0.39, 0.29) is 18.0 Å². The van der Waals surface area contributed by atoms with Crippen molar-refractivity contribution in [3.63, 3.8) is 0 Å². The third-order valence-corrected chi connectivity index (χ3v) is 7.40. The molecule has 2 saturated heterocycles. The molecule has 5 N–H and O–H groups in total. The van der Waals surface area contributed by atoms with Crippen LogP contribution in [0.15, 0.2) is 33.6 Å². The van der Waals surface area contributed by atoms with Crippen molar-refractivity contribution in [3.05, 3.63) is 44.9 Å². The first kappa shape index (κ1) is 29.2. The fourth-order valence-electron chi connectivity index (χ4n) is 5.22. The summed E-state index contributed by atoms with van der Waals surface area (Å²) in [7, 11) is 2.98. The number of aliphatic hydroxyl groups is 4. The van der Waals surface area contributed by atoms with Crippen molar-refractivity contribution < 1.29 is 44.2 Å². The summed E-state index contributed by atoms with van der Waals surface area (Å²) >= 11 is 0. The Bertz CT molecular complexity index is 1230. The number of Topliss-reactive ketones (excluding diaryl/α,β-unsaturated/α-hetero) is 1. The first-order chi connectivity index (χ1) is 18.4. The number of aromatic amines is 1. The van der Waals surface area contributed by atoms with E-state index in [9.17, 15) is 39.6 Å². The van der Waals surface area contributed by atoms with Gasteiger partial charge in [0, 0.05) is 32.8 Å². The second-order valence-corrected chi connectivity index (χ2v) is 9.95. The maximum absolute atomic E-state index is 13.7. The van der Waals surface area contributed by atoms with Gasteiger partial charge in [0.1, 0.15) is 42.7 Å². The molecule has 2 fully saturated rings. The smallest absolute Gasteiger partial charge is 0.330 e. The largest absolute Gasteiger partial charge is 0.387 e. The number of carbonyl (C=O) groups is 2. The van der Waals surface area contributed by atoms with Gasteiger partial charge in [0.25, 0.3) is 5.56 Å². The number of ether oxygens (including phenoxy) is 3. The Balaban J connectivity index is 1.73. The van der Waals surface area contributed by atoms with Crippen molar-refractivity contribution in [2.75, 3.05) is 20.6 Å². The van der Waals surface area contributed by atoms with E-state index in [4.69, 9.17) is 14.2 Å². The third kappa shape index (κ3) is 5.36. The number of aromatic nitrogens is 2. The summed E-state index contributed by atoms with van der Waals surface area (Å²) in [5.74, 6) is -0.970. The lowest BCUT2D eigenvalue weighted by Crippen LogP contribution is -2.59. The summed E-state index contributed by atoms with van der Waals surface area (Å²) in [4.78, 5) is 54.5. The molecule has 0 aliphatic carbocycles. The number of rotatable bonds is 7. The fraction of sp³-hybridized carbons (Fsp3) is 0.667. The Labute approximate surface area is 222 Å². The molecule has 0 aromatic carbocycles. The third-order valence-electron chi connectivity index (χ3n) is 7.40. The summed E-state index contributed by atoms with van der Waals surface area (Å²) in [6.07, 6.45) is -9.80. The monoisotopic (exact) mass is 554 g/mol. The Morgan fingerprint density at radius 1 is 1.10 bits per heavy atom. The quantitative estimate of drug-likeness (QED) is 0.224. The lowest BCUT2D eigenvalue weighted by Gasteiger charge is -2.38. The van der Waals surface area contributed by atoms with Crippen LogP contribution in [-0.4, -0.2) is 127 Å². The zero-order chi connectivity index (χ0) is 28.8. The number of aliphatic hydroxyl groups excluding tert-OH is 4. The molecular weight excluding hydrogens is 520 g/mol. The maximum atomic E-state index is 13.7. The fourth-order valence-corrected chi connectivity index (χ4v) is 5.22. The van der Waals surface area contributed by atoms with Gasteiger partial charge in [0.15, 0.2) is 18.3 Å². The number of nitrogens with one attached hydrogen (secondary N) is 1. The minimum Gasteiger partial charge on any atom is -0.387 e. The highest BCUT2D eigenvalue weighted by molar-refractivity contribution is 5.98. The molecule has 4 rings (SSSR count). The van der Waals surface area contributed by atoms with Crippen LogP contribution in [-0.2, 0) is 23.8 Å². The van der Waals surface area contributed by atoms with Gasteiger partial charge in [-0.25, -0.2) is 4.79 Å². The van der Waals surface area contributed by atoms with E-state index in [1.165, 1.54) is 18.9 Å². The van der Waals surface area contributed by atoms with Crippen LogP contribution < -0.4 is 11.2 Å². The van der Waals surface area contributed by atoms with E-state index in [1.54, 1.807) is 20.0 Å². The summed E-state index contributed by atoms with van der Waals surface area (Å²) in [6.45, 7) is 3.16. The van der Waals surface area contributed by atoms with E-state index in [1.807, 2.05) is 4.98 Å². The van der Waals surface area contributed by atoms with Gasteiger partial charge in [-0.15, -0.1) is 0 Å². The summed E-state index contributed by atoms with van der Waals surface area (Å²) in [5, 5.41) is 42.9. The molecule has 0 bridgehead atoms. The van der Waals surface area contributed by atoms with Crippen LogP contribution in [0.1, 0.15) is 26.5 Å². The molecule has 0 spiro atoms. The van der Waals surface area contributed by atoms with Crippen LogP contribution in [0.25, 0.3) is 0 Å². The van der Waals surface area contributed by atoms with E-state index < -0.39 is 78.4 Å². The number of ketones is 1. The average Bonchev–Trinajstić information content (AvgIpc) is 3.28. The van der Waals surface area contributed by atoms with Crippen molar-refractivity contribution in [1.29, 1.82) is 0 Å². The predicted molar refractivity (Wildman–Crippen MR) is 131 cm³/mol. The van der Waals surface area contributed by atoms with Crippen molar-refractivity contribution in [3.8, 4) is 0 Å². The molecule has 15 heteroatoms. The molecule has 216 valence electrons. The Morgan fingerprint density at radius 2 is 1.79 bits per heavy atom. The van der Waals surface area contributed by atoms with Crippen molar-refractivity contribution >= 4 is 11.7 Å². The highest BCUT2D eigenvalue weighted by atomic mass is 16.7. The highest BCUT2D eigenvalue weighted by Crippen LogP contribution is 2.36. The predicted octanol–water partition coefficient (Wildman–Crippen LogP) is -3.36. The molecule has 1 aromatic heterocycles. The number of likely N-dealkylation sites (N-methyl/N-ethyl adjacent to an activating group) is 2. The SMILES string of the molecule is CCC1OC(O[C@H](C2OC(n3ccc(=O)[nH]c3=O)C(O)C2O)[C@H]2C(=O)N(C)C(C(C)=O)=CCN2C)C(O)C1O.